The minimum Gasteiger partial charge on any atom is -0.483 e. The first-order valence-electron chi connectivity index (χ1n) is 8.03. The lowest BCUT2D eigenvalue weighted by atomic mass is 10.1. The smallest absolute Gasteiger partial charge is 0.277 e. The first-order valence-corrected chi connectivity index (χ1v) is 8.83. The summed E-state index contributed by atoms with van der Waals surface area (Å²) in [5.74, 6) is 0.267. The molecular formula is C20H18BrN3O2. The number of ether oxygens (including phenoxy) is 1. The van der Waals surface area contributed by atoms with Crippen LogP contribution in [0.4, 0.5) is 5.69 Å². The van der Waals surface area contributed by atoms with Crippen LogP contribution in [0.5, 0.6) is 5.75 Å². The van der Waals surface area contributed by atoms with Gasteiger partial charge in [-0.15, -0.1) is 0 Å². The number of nitrogens with two attached hydrogens (primary N) is 1. The van der Waals surface area contributed by atoms with Crippen molar-refractivity contribution >= 4 is 44.0 Å². The maximum absolute atomic E-state index is 12.0. The second kappa shape index (κ2) is 8.01. The van der Waals surface area contributed by atoms with Gasteiger partial charge in [0.25, 0.3) is 5.91 Å². The lowest BCUT2D eigenvalue weighted by Crippen LogP contribution is -2.25. The Morgan fingerprint density at radius 3 is 2.77 bits per heavy atom. The average molecular weight is 412 g/mol. The van der Waals surface area contributed by atoms with Gasteiger partial charge in [0.1, 0.15) is 5.75 Å². The number of hydrogen-bond donors (Lipinski definition) is 2. The number of benzene rings is 3. The fraction of sp³-hybridized carbons (Fsp3) is 0.100. The number of carbonyl (C=O) groups is 1. The number of nitrogens with zero attached hydrogens (tertiary/aromatic N) is 1. The Labute approximate surface area is 160 Å². The molecule has 3 aromatic rings. The van der Waals surface area contributed by atoms with E-state index in [2.05, 4.69) is 26.5 Å². The molecule has 0 saturated heterocycles. The number of nitrogen functional groups attached to an aromatic ring is 1. The van der Waals surface area contributed by atoms with Crippen LogP contribution in [0.15, 0.2) is 70.2 Å². The van der Waals surface area contributed by atoms with Crippen molar-refractivity contribution in [3.05, 3.63) is 70.7 Å². The number of amides is 1. The first-order chi connectivity index (χ1) is 12.5. The zero-order chi connectivity index (χ0) is 18.5. The molecule has 0 heterocycles. The van der Waals surface area contributed by atoms with Gasteiger partial charge in [-0.3, -0.25) is 4.79 Å². The van der Waals surface area contributed by atoms with E-state index in [1.807, 2.05) is 48.5 Å². The minimum atomic E-state index is -0.340. The maximum atomic E-state index is 12.0. The summed E-state index contributed by atoms with van der Waals surface area (Å²) >= 11 is 3.54. The van der Waals surface area contributed by atoms with E-state index in [1.54, 1.807) is 19.1 Å². The van der Waals surface area contributed by atoms with Gasteiger partial charge >= 0.3 is 0 Å². The van der Waals surface area contributed by atoms with Crippen LogP contribution in [0.2, 0.25) is 0 Å². The van der Waals surface area contributed by atoms with E-state index in [1.165, 1.54) is 0 Å². The third kappa shape index (κ3) is 4.21. The Hall–Kier alpha value is -2.86. The number of carbonyl (C=O) groups excluding carboxylic acids is 1. The molecule has 1 amide bonds. The quantitative estimate of drug-likeness (QED) is 0.376. The van der Waals surface area contributed by atoms with Crippen LogP contribution in [0, 0.1) is 0 Å². The predicted molar refractivity (Wildman–Crippen MR) is 108 cm³/mol. The molecule has 0 radical (unpaired) electrons. The summed E-state index contributed by atoms with van der Waals surface area (Å²) in [6, 6.07) is 19.0. The number of nitrogens with one attached hydrogen (secondary N) is 1. The van der Waals surface area contributed by atoms with Crippen LogP contribution in [-0.4, -0.2) is 18.2 Å². The van der Waals surface area contributed by atoms with Crippen LogP contribution in [0.25, 0.3) is 10.8 Å². The van der Waals surface area contributed by atoms with Crippen molar-refractivity contribution in [2.24, 2.45) is 5.10 Å². The van der Waals surface area contributed by atoms with Gasteiger partial charge in [-0.2, -0.15) is 5.10 Å². The standard InChI is InChI=1S/C20H18BrN3O2/c1-13(15-6-4-7-16(22)11-15)23-24-19(25)12-26-18-10-9-14-5-2-3-8-17(14)20(18)21/h2-11H,12,22H2,1H3,(H,24,25)/b23-13+. The van der Waals surface area contributed by atoms with E-state index in [9.17, 15) is 4.79 Å². The third-order valence-electron chi connectivity index (χ3n) is 3.84. The predicted octanol–water partition coefficient (Wildman–Crippen LogP) is 4.10. The number of rotatable bonds is 5. The van der Waals surface area contributed by atoms with Crippen molar-refractivity contribution in [3.8, 4) is 5.75 Å². The number of anilines is 1. The number of fused-ring (bicyclic) bond motifs is 1. The fourth-order valence-electron chi connectivity index (χ4n) is 2.48. The Kier molecular flexibility index (Phi) is 5.53. The Balaban J connectivity index is 1.62. The topological polar surface area (TPSA) is 76.7 Å². The molecule has 3 aromatic carbocycles. The highest BCUT2D eigenvalue weighted by Gasteiger charge is 2.08. The molecule has 0 spiro atoms. The molecule has 6 heteroatoms. The summed E-state index contributed by atoms with van der Waals surface area (Å²) < 4.78 is 6.44. The monoisotopic (exact) mass is 411 g/mol. The normalized spacial score (nSPS) is 11.4. The molecule has 3 N–H and O–H groups in total. The second-order valence-electron chi connectivity index (χ2n) is 5.75. The second-order valence-corrected chi connectivity index (χ2v) is 6.54. The number of hydrazone groups is 1. The van der Waals surface area contributed by atoms with Gasteiger partial charge in [0, 0.05) is 5.69 Å². The molecule has 0 bridgehead atoms. The first kappa shape index (κ1) is 17.9. The van der Waals surface area contributed by atoms with Crippen molar-refractivity contribution < 1.29 is 9.53 Å². The van der Waals surface area contributed by atoms with E-state index in [-0.39, 0.29) is 12.5 Å². The number of halogens is 1. The molecule has 0 atom stereocenters. The third-order valence-corrected chi connectivity index (χ3v) is 4.66. The Bertz CT molecular complexity index is 986. The summed E-state index contributed by atoms with van der Waals surface area (Å²) in [4.78, 5) is 12.0. The van der Waals surface area contributed by atoms with E-state index in [0.29, 0.717) is 17.1 Å². The maximum Gasteiger partial charge on any atom is 0.277 e. The van der Waals surface area contributed by atoms with E-state index >= 15 is 0 Å². The van der Waals surface area contributed by atoms with Gasteiger partial charge in [0.15, 0.2) is 6.61 Å². The molecule has 3 rings (SSSR count). The molecule has 0 saturated carbocycles. The minimum absolute atomic E-state index is 0.134. The summed E-state index contributed by atoms with van der Waals surface area (Å²) in [6.45, 7) is 1.67. The SMILES string of the molecule is C/C(=N\NC(=O)COc1ccc2ccccc2c1Br)c1cccc(N)c1. The van der Waals surface area contributed by atoms with Crippen LogP contribution in [-0.2, 0) is 4.79 Å². The summed E-state index contributed by atoms with van der Waals surface area (Å²) in [7, 11) is 0. The molecule has 0 aromatic heterocycles. The lowest BCUT2D eigenvalue weighted by molar-refractivity contribution is -0.123. The molecule has 0 unspecified atom stereocenters. The molecular weight excluding hydrogens is 394 g/mol. The Morgan fingerprint density at radius 1 is 1.15 bits per heavy atom. The highest BCUT2D eigenvalue weighted by Crippen LogP contribution is 2.32. The van der Waals surface area contributed by atoms with Crippen LogP contribution in [0.3, 0.4) is 0 Å². The van der Waals surface area contributed by atoms with Crippen LogP contribution in [0.1, 0.15) is 12.5 Å². The van der Waals surface area contributed by atoms with E-state index in [0.717, 1.165) is 20.8 Å². The van der Waals surface area contributed by atoms with Gasteiger partial charge in [-0.25, -0.2) is 5.43 Å². The van der Waals surface area contributed by atoms with E-state index < -0.39 is 0 Å². The highest BCUT2D eigenvalue weighted by molar-refractivity contribution is 9.10. The lowest BCUT2D eigenvalue weighted by Gasteiger charge is -2.10. The highest BCUT2D eigenvalue weighted by atomic mass is 79.9. The van der Waals surface area contributed by atoms with Crippen LogP contribution < -0.4 is 15.9 Å². The van der Waals surface area contributed by atoms with Crippen molar-refractivity contribution in [2.75, 3.05) is 12.3 Å². The van der Waals surface area contributed by atoms with Gasteiger partial charge < -0.3 is 10.5 Å². The molecule has 5 nitrogen and oxygen atoms in total. The van der Waals surface area contributed by atoms with Gasteiger partial charge in [-0.1, -0.05) is 42.5 Å². The zero-order valence-electron chi connectivity index (χ0n) is 14.2. The van der Waals surface area contributed by atoms with Crippen molar-refractivity contribution in [3.63, 3.8) is 0 Å². The Morgan fingerprint density at radius 2 is 1.96 bits per heavy atom. The van der Waals surface area contributed by atoms with Gasteiger partial charge in [0.2, 0.25) is 0 Å². The van der Waals surface area contributed by atoms with Gasteiger partial charge in [0.05, 0.1) is 10.2 Å². The molecule has 0 aliphatic carbocycles. The summed E-state index contributed by atoms with van der Waals surface area (Å²) in [5.41, 5.74) is 10.4. The summed E-state index contributed by atoms with van der Waals surface area (Å²) in [6.07, 6.45) is 0. The van der Waals surface area contributed by atoms with E-state index in [4.69, 9.17) is 10.5 Å². The average Bonchev–Trinajstić information content (AvgIpc) is 2.65. The fourth-order valence-corrected chi connectivity index (χ4v) is 3.08. The van der Waals surface area contributed by atoms with Crippen molar-refractivity contribution in [1.82, 2.24) is 5.43 Å². The summed E-state index contributed by atoms with van der Waals surface area (Å²) in [5, 5.41) is 6.21. The molecule has 0 aliphatic heterocycles. The van der Waals surface area contributed by atoms with Crippen LogP contribution >= 0.6 is 15.9 Å². The molecule has 0 fully saturated rings. The van der Waals surface area contributed by atoms with Gasteiger partial charge in [-0.05, 0) is 57.4 Å². The molecule has 132 valence electrons. The number of hydrogen-bond acceptors (Lipinski definition) is 4. The molecule has 0 aliphatic rings. The van der Waals surface area contributed by atoms with Crippen molar-refractivity contribution in [1.29, 1.82) is 0 Å². The van der Waals surface area contributed by atoms with Crippen molar-refractivity contribution in [2.45, 2.75) is 6.92 Å². The zero-order valence-corrected chi connectivity index (χ0v) is 15.8. The molecule has 26 heavy (non-hydrogen) atoms. The largest absolute Gasteiger partial charge is 0.483 e.